The number of rotatable bonds is 4. The van der Waals surface area contributed by atoms with Gasteiger partial charge in [0.2, 0.25) is 0 Å². The van der Waals surface area contributed by atoms with E-state index in [9.17, 15) is 31.5 Å². The SMILES string of the molecule is CC(C)(C)C(=O)C(C#N)C(=O)c1ccc(C(F)(F)F)cc1C(C)(F)F. The van der Waals surface area contributed by atoms with Crippen LogP contribution in [0.25, 0.3) is 0 Å². The first-order valence-electron chi connectivity index (χ1n) is 7.18. The molecule has 0 N–H and O–H groups in total. The van der Waals surface area contributed by atoms with Gasteiger partial charge < -0.3 is 0 Å². The third-order valence-corrected chi connectivity index (χ3v) is 3.48. The molecule has 1 aromatic carbocycles. The predicted octanol–water partition coefficient (Wildman–Crippen LogP) is 4.75. The fourth-order valence-electron chi connectivity index (χ4n) is 2.12. The molecule has 0 aromatic heterocycles. The Bertz CT molecular complexity index is 733. The van der Waals surface area contributed by atoms with Gasteiger partial charge in [-0.25, -0.2) is 8.78 Å². The van der Waals surface area contributed by atoms with E-state index in [4.69, 9.17) is 5.26 Å². The third-order valence-electron chi connectivity index (χ3n) is 3.48. The molecule has 0 radical (unpaired) electrons. The number of Topliss-reactive ketones (excluding diaryl/α,β-unsaturated/α-hetero) is 2. The average Bonchev–Trinajstić information content (AvgIpc) is 2.44. The standard InChI is InChI=1S/C17H16F5NO2/c1-15(2,3)14(25)11(8-23)13(24)10-6-5-9(17(20,21)22)7-12(10)16(4,18)19/h5-7,11H,1-4H3. The quantitative estimate of drug-likeness (QED) is 0.442. The Hall–Kier alpha value is -2.30. The molecular weight excluding hydrogens is 345 g/mol. The highest BCUT2D eigenvalue weighted by molar-refractivity contribution is 6.14. The van der Waals surface area contributed by atoms with Crippen LogP contribution in [0.5, 0.6) is 0 Å². The minimum Gasteiger partial charge on any atom is -0.297 e. The fourth-order valence-corrected chi connectivity index (χ4v) is 2.12. The van der Waals surface area contributed by atoms with E-state index in [1.807, 2.05) is 0 Å². The van der Waals surface area contributed by atoms with Crippen molar-refractivity contribution in [1.29, 1.82) is 5.26 Å². The normalized spacial score (nSPS) is 13.9. The van der Waals surface area contributed by atoms with E-state index in [2.05, 4.69) is 0 Å². The summed E-state index contributed by atoms with van der Waals surface area (Å²) >= 11 is 0. The highest BCUT2D eigenvalue weighted by Crippen LogP contribution is 2.37. The Kier molecular flexibility index (Phi) is 5.43. The second-order valence-electron chi connectivity index (χ2n) is 6.69. The molecule has 0 spiro atoms. The van der Waals surface area contributed by atoms with Crippen LogP contribution in [0.3, 0.4) is 0 Å². The second kappa shape index (κ2) is 6.54. The maximum absolute atomic E-state index is 13.8. The van der Waals surface area contributed by atoms with E-state index in [-0.39, 0.29) is 6.07 Å². The summed E-state index contributed by atoms with van der Waals surface area (Å²) in [4.78, 5) is 24.6. The number of nitrogens with zero attached hydrogens (tertiary/aromatic N) is 1. The summed E-state index contributed by atoms with van der Waals surface area (Å²) in [6.45, 7) is 4.66. The fraction of sp³-hybridized carbons (Fsp3) is 0.471. The van der Waals surface area contributed by atoms with Crippen LogP contribution in [0.4, 0.5) is 22.0 Å². The summed E-state index contributed by atoms with van der Waals surface area (Å²) in [5.41, 5.74) is -4.40. The molecule has 0 aliphatic heterocycles. The number of nitriles is 1. The molecule has 1 atom stereocenters. The molecule has 0 heterocycles. The summed E-state index contributed by atoms with van der Waals surface area (Å²) in [7, 11) is 0. The van der Waals surface area contributed by atoms with E-state index in [0.29, 0.717) is 19.1 Å². The van der Waals surface area contributed by atoms with Gasteiger partial charge in [0.05, 0.1) is 11.6 Å². The molecule has 0 saturated carbocycles. The smallest absolute Gasteiger partial charge is 0.297 e. The van der Waals surface area contributed by atoms with E-state index < -0.39 is 51.7 Å². The first-order valence-corrected chi connectivity index (χ1v) is 7.18. The lowest BCUT2D eigenvalue weighted by Crippen LogP contribution is -2.33. The Morgan fingerprint density at radius 2 is 1.56 bits per heavy atom. The van der Waals surface area contributed by atoms with Crippen LogP contribution in [-0.2, 0) is 16.9 Å². The number of alkyl halides is 5. The molecule has 0 saturated heterocycles. The minimum atomic E-state index is -4.88. The first kappa shape index (κ1) is 20.7. The number of ketones is 2. The second-order valence-corrected chi connectivity index (χ2v) is 6.69. The molecular formula is C17H16F5NO2. The molecule has 8 heteroatoms. The molecule has 3 nitrogen and oxygen atoms in total. The Morgan fingerprint density at radius 3 is 1.92 bits per heavy atom. The maximum atomic E-state index is 13.8. The summed E-state index contributed by atoms with van der Waals surface area (Å²) in [6.07, 6.45) is -4.88. The molecule has 0 amide bonds. The molecule has 0 fully saturated rings. The summed E-state index contributed by atoms with van der Waals surface area (Å²) < 4.78 is 65.8. The maximum Gasteiger partial charge on any atom is 0.416 e. The van der Waals surface area contributed by atoms with Crippen LogP contribution in [0.1, 0.15) is 49.2 Å². The number of carbonyl (C=O) groups excluding carboxylic acids is 2. The van der Waals surface area contributed by atoms with Crippen molar-refractivity contribution in [3.05, 3.63) is 34.9 Å². The Labute approximate surface area is 141 Å². The summed E-state index contributed by atoms with van der Waals surface area (Å²) in [5.74, 6) is -7.69. The molecule has 0 aliphatic rings. The summed E-state index contributed by atoms with van der Waals surface area (Å²) in [6, 6.07) is 2.69. The number of benzene rings is 1. The number of hydrogen-bond acceptors (Lipinski definition) is 3. The highest BCUT2D eigenvalue weighted by atomic mass is 19.4. The Morgan fingerprint density at radius 1 is 1.04 bits per heavy atom. The number of hydrogen-bond donors (Lipinski definition) is 0. The lowest BCUT2D eigenvalue weighted by atomic mass is 9.79. The van der Waals surface area contributed by atoms with E-state index >= 15 is 0 Å². The van der Waals surface area contributed by atoms with E-state index in [1.165, 1.54) is 26.8 Å². The average molecular weight is 361 g/mol. The predicted molar refractivity (Wildman–Crippen MR) is 78.9 cm³/mol. The lowest BCUT2D eigenvalue weighted by molar-refractivity contribution is -0.137. The van der Waals surface area contributed by atoms with Crippen molar-refractivity contribution in [3.8, 4) is 6.07 Å². The number of carbonyl (C=O) groups is 2. The molecule has 1 unspecified atom stereocenters. The van der Waals surface area contributed by atoms with Crippen molar-refractivity contribution in [3.63, 3.8) is 0 Å². The minimum absolute atomic E-state index is 0.170. The molecule has 1 rings (SSSR count). The topological polar surface area (TPSA) is 57.9 Å². The van der Waals surface area contributed by atoms with Crippen molar-refractivity contribution in [2.75, 3.05) is 0 Å². The monoisotopic (exact) mass is 361 g/mol. The largest absolute Gasteiger partial charge is 0.416 e. The molecule has 0 aliphatic carbocycles. The van der Waals surface area contributed by atoms with Gasteiger partial charge in [-0.2, -0.15) is 18.4 Å². The van der Waals surface area contributed by atoms with Crippen LogP contribution >= 0.6 is 0 Å². The van der Waals surface area contributed by atoms with Gasteiger partial charge in [-0.15, -0.1) is 0 Å². The Balaban J connectivity index is 3.53. The zero-order chi connectivity index (χ0) is 19.8. The van der Waals surface area contributed by atoms with Gasteiger partial charge in [0.15, 0.2) is 17.5 Å². The highest BCUT2D eigenvalue weighted by Gasteiger charge is 2.40. The van der Waals surface area contributed by atoms with E-state index in [1.54, 1.807) is 0 Å². The van der Waals surface area contributed by atoms with Gasteiger partial charge in [0.25, 0.3) is 5.92 Å². The third kappa shape index (κ3) is 4.62. The van der Waals surface area contributed by atoms with Crippen LogP contribution in [0.15, 0.2) is 18.2 Å². The van der Waals surface area contributed by atoms with Gasteiger partial charge >= 0.3 is 6.18 Å². The van der Waals surface area contributed by atoms with Crippen molar-refractivity contribution >= 4 is 11.6 Å². The van der Waals surface area contributed by atoms with E-state index in [0.717, 1.165) is 0 Å². The van der Waals surface area contributed by atoms with Crippen molar-refractivity contribution in [1.82, 2.24) is 0 Å². The van der Waals surface area contributed by atoms with Gasteiger partial charge in [-0.3, -0.25) is 9.59 Å². The van der Waals surface area contributed by atoms with Crippen molar-refractivity contribution in [2.24, 2.45) is 11.3 Å². The van der Waals surface area contributed by atoms with Crippen LogP contribution in [0.2, 0.25) is 0 Å². The summed E-state index contributed by atoms with van der Waals surface area (Å²) in [5, 5.41) is 9.11. The van der Waals surface area contributed by atoms with Crippen LogP contribution in [0, 0.1) is 22.7 Å². The van der Waals surface area contributed by atoms with Crippen molar-refractivity contribution in [2.45, 2.75) is 39.8 Å². The molecule has 25 heavy (non-hydrogen) atoms. The van der Waals surface area contributed by atoms with Gasteiger partial charge in [-0.05, 0) is 12.1 Å². The zero-order valence-electron chi connectivity index (χ0n) is 14.0. The molecule has 0 bridgehead atoms. The first-order chi connectivity index (χ1) is 11.1. The zero-order valence-corrected chi connectivity index (χ0v) is 14.0. The lowest BCUT2D eigenvalue weighted by Gasteiger charge is -2.22. The van der Waals surface area contributed by atoms with Crippen LogP contribution in [-0.4, -0.2) is 11.6 Å². The van der Waals surface area contributed by atoms with Crippen LogP contribution < -0.4 is 0 Å². The molecule has 1 aromatic rings. The van der Waals surface area contributed by atoms with Gasteiger partial charge in [0.1, 0.15) is 0 Å². The molecule has 136 valence electrons. The van der Waals surface area contributed by atoms with Crippen molar-refractivity contribution < 1.29 is 31.5 Å². The number of halogens is 5. The van der Waals surface area contributed by atoms with Gasteiger partial charge in [-0.1, -0.05) is 26.8 Å². The van der Waals surface area contributed by atoms with Gasteiger partial charge in [0, 0.05) is 23.5 Å².